The Morgan fingerprint density at radius 3 is 2.69 bits per heavy atom. The summed E-state index contributed by atoms with van der Waals surface area (Å²) >= 11 is 5.49. The van der Waals surface area contributed by atoms with E-state index in [2.05, 4.69) is 5.32 Å². The van der Waals surface area contributed by atoms with E-state index in [4.69, 9.17) is 16.3 Å². The van der Waals surface area contributed by atoms with E-state index in [0.29, 0.717) is 0 Å². The van der Waals surface area contributed by atoms with E-state index < -0.39 is 17.7 Å². The molecule has 0 saturated carbocycles. The van der Waals surface area contributed by atoms with Crippen LogP contribution in [0, 0.1) is 11.6 Å². The maximum Gasteiger partial charge on any atom is 0.167 e. The topological polar surface area (TPSA) is 41.5 Å². The van der Waals surface area contributed by atoms with Crippen LogP contribution in [0.3, 0.4) is 0 Å². The second kappa shape index (κ2) is 5.43. The maximum atomic E-state index is 13.6. The zero-order valence-corrected chi connectivity index (χ0v) is 9.61. The summed E-state index contributed by atoms with van der Waals surface area (Å²) in [5.74, 6) is -2.01. The highest BCUT2D eigenvalue weighted by atomic mass is 35.5. The van der Waals surface area contributed by atoms with Gasteiger partial charge in [-0.15, -0.1) is 0 Å². The Hall–Kier alpha value is -0.910. The molecule has 1 unspecified atom stereocenters. The number of hydrogen-bond acceptors (Lipinski definition) is 3. The van der Waals surface area contributed by atoms with Crippen LogP contribution in [-0.4, -0.2) is 25.8 Å². The molecule has 0 aliphatic heterocycles. The predicted octanol–water partition coefficient (Wildman–Crippen LogP) is 1.88. The van der Waals surface area contributed by atoms with Crippen LogP contribution >= 0.6 is 11.6 Å². The zero-order chi connectivity index (χ0) is 12.3. The smallest absolute Gasteiger partial charge is 0.167 e. The summed E-state index contributed by atoms with van der Waals surface area (Å²) in [6, 6.07) is 0.811. The van der Waals surface area contributed by atoms with Crippen LogP contribution in [-0.2, 0) is 0 Å². The Balaban J connectivity index is 3.32. The van der Waals surface area contributed by atoms with Gasteiger partial charge in [-0.2, -0.15) is 0 Å². The fourth-order valence-corrected chi connectivity index (χ4v) is 1.60. The van der Waals surface area contributed by atoms with Gasteiger partial charge in [0.05, 0.1) is 23.8 Å². The predicted molar refractivity (Wildman–Crippen MR) is 56.8 cm³/mol. The third-order valence-corrected chi connectivity index (χ3v) is 2.37. The van der Waals surface area contributed by atoms with Crippen molar-refractivity contribution in [2.75, 3.05) is 20.7 Å². The number of aliphatic hydroxyl groups is 1. The van der Waals surface area contributed by atoms with E-state index in [1.54, 1.807) is 7.05 Å². The summed E-state index contributed by atoms with van der Waals surface area (Å²) in [6.45, 7) is 0.0626. The van der Waals surface area contributed by atoms with Crippen molar-refractivity contribution in [3.63, 3.8) is 0 Å². The summed E-state index contributed by atoms with van der Waals surface area (Å²) in [5.41, 5.74) is -0.276. The van der Waals surface area contributed by atoms with E-state index in [-0.39, 0.29) is 22.9 Å². The molecule has 90 valence electrons. The molecule has 0 amide bonds. The average molecular weight is 252 g/mol. The fourth-order valence-electron chi connectivity index (χ4n) is 1.40. The number of rotatable bonds is 4. The number of aliphatic hydroxyl groups excluding tert-OH is 1. The molecule has 0 fully saturated rings. The van der Waals surface area contributed by atoms with Crippen molar-refractivity contribution in [3.05, 3.63) is 28.3 Å². The van der Waals surface area contributed by atoms with Crippen molar-refractivity contribution in [1.82, 2.24) is 5.32 Å². The highest BCUT2D eigenvalue weighted by molar-refractivity contribution is 6.30. The molecular weight excluding hydrogens is 240 g/mol. The molecule has 0 bridgehead atoms. The van der Waals surface area contributed by atoms with Gasteiger partial charge in [-0.3, -0.25) is 0 Å². The number of ether oxygens (including phenoxy) is 1. The molecule has 0 heterocycles. The summed E-state index contributed by atoms with van der Waals surface area (Å²) in [7, 11) is 2.77. The van der Waals surface area contributed by atoms with Crippen molar-refractivity contribution in [2.24, 2.45) is 0 Å². The van der Waals surface area contributed by atoms with Gasteiger partial charge in [0.1, 0.15) is 0 Å². The van der Waals surface area contributed by atoms with Crippen molar-refractivity contribution in [3.8, 4) is 5.75 Å². The fraction of sp³-hybridized carbons (Fsp3) is 0.400. The van der Waals surface area contributed by atoms with Crippen LogP contribution in [0.1, 0.15) is 11.7 Å². The van der Waals surface area contributed by atoms with Gasteiger partial charge in [-0.05, 0) is 13.1 Å². The molecule has 0 aliphatic carbocycles. The lowest BCUT2D eigenvalue weighted by molar-refractivity contribution is 0.167. The van der Waals surface area contributed by atoms with Gasteiger partial charge in [0.2, 0.25) is 0 Å². The number of methoxy groups -OCH3 is 1. The molecule has 6 heteroatoms. The highest BCUT2D eigenvalue weighted by Gasteiger charge is 2.23. The van der Waals surface area contributed by atoms with Crippen molar-refractivity contribution < 1.29 is 18.6 Å². The summed E-state index contributed by atoms with van der Waals surface area (Å²) < 4.78 is 31.7. The number of hydrogen-bond donors (Lipinski definition) is 2. The van der Waals surface area contributed by atoms with Crippen LogP contribution in [0.2, 0.25) is 5.02 Å². The van der Waals surface area contributed by atoms with E-state index in [1.807, 2.05) is 0 Å². The quantitative estimate of drug-likeness (QED) is 0.803. The third kappa shape index (κ3) is 2.42. The molecule has 3 nitrogen and oxygen atoms in total. The Labute approximate surface area is 97.0 Å². The molecule has 0 aromatic heterocycles. The van der Waals surface area contributed by atoms with Gasteiger partial charge in [0.15, 0.2) is 17.4 Å². The lowest BCUT2D eigenvalue weighted by Crippen LogP contribution is -2.19. The Morgan fingerprint density at radius 2 is 2.19 bits per heavy atom. The Morgan fingerprint density at radius 1 is 1.56 bits per heavy atom. The minimum atomic E-state index is -1.23. The van der Waals surface area contributed by atoms with Crippen molar-refractivity contribution in [2.45, 2.75) is 6.10 Å². The normalized spacial score (nSPS) is 12.6. The van der Waals surface area contributed by atoms with Crippen LogP contribution < -0.4 is 10.1 Å². The molecule has 1 aromatic rings. The molecule has 1 rings (SSSR count). The van der Waals surface area contributed by atoms with Crippen molar-refractivity contribution in [1.29, 1.82) is 0 Å². The first-order valence-corrected chi connectivity index (χ1v) is 4.94. The molecule has 0 radical (unpaired) electrons. The van der Waals surface area contributed by atoms with E-state index in [1.165, 1.54) is 7.11 Å². The molecule has 0 saturated heterocycles. The van der Waals surface area contributed by atoms with Gasteiger partial charge in [0.25, 0.3) is 0 Å². The molecule has 0 spiro atoms. The van der Waals surface area contributed by atoms with Crippen LogP contribution in [0.4, 0.5) is 8.78 Å². The van der Waals surface area contributed by atoms with Gasteiger partial charge in [0, 0.05) is 6.54 Å². The molecule has 16 heavy (non-hydrogen) atoms. The standard InChI is InChI=1S/C10H12ClF2NO2/c1-14-4-7(15)8-9(13)5(11)3-6(12)10(8)16-2/h3,7,14-15H,4H2,1-2H3. The summed E-state index contributed by atoms with van der Waals surface area (Å²) in [6.07, 6.45) is -1.23. The van der Waals surface area contributed by atoms with E-state index >= 15 is 0 Å². The van der Waals surface area contributed by atoms with Crippen LogP contribution in [0.15, 0.2) is 6.07 Å². The molecule has 0 aliphatic rings. The van der Waals surface area contributed by atoms with Crippen molar-refractivity contribution >= 4 is 11.6 Å². The highest BCUT2D eigenvalue weighted by Crippen LogP contribution is 2.34. The number of benzene rings is 1. The van der Waals surface area contributed by atoms with Gasteiger partial charge in [-0.1, -0.05) is 11.6 Å². The number of nitrogens with one attached hydrogen (secondary N) is 1. The van der Waals surface area contributed by atoms with Gasteiger partial charge in [-0.25, -0.2) is 8.78 Å². The third-order valence-electron chi connectivity index (χ3n) is 2.10. The van der Waals surface area contributed by atoms with Gasteiger partial charge < -0.3 is 15.2 Å². The molecule has 1 atom stereocenters. The largest absolute Gasteiger partial charge is 0.493 e. The molecular formula is C10H12ClF2NO2. The first kappa shape index (κ1) is 13.2. The summed E-state index contributed by atoms with van der Waals surface area (Å²) in [4.78, 5) is 0. The van der Waals surface area contributed by atoms with Crippen LogP contribution in [0.5, 0.6) is 5.75 Å². The Bertz CT molecular complexity index is 388. The molecule has 1 aromatic carbocycles. The second-order valence-electron chi connectivity index (χ2n) is 3.17. The minimum absolute atomic E-state index is 0.0626. The lowest BCUT2D eigenvalue weighted by atomic mass is 10.1. The van der Waals surface area contributed by atoms with E-state index in [0.717, 1.165) is 6.07 Å². The van der Waals surface area contributed by atoms with Gasteiger partial charge >= 0.3 is 0 Å². The average Bonchev–Trinajstić information content (AvgIpc) is 2.23. The first-order valence-electron chi connectivity index (χ1n) is 4.57. The number of likely N-dealkylation sites (N-methyl/N-ethyl adjacent to an activating group) is 1. The zero-order valence-electron chi connectivity index (χ0n) is 8.85. The SMILES string of the molecule is CNCC(O)c1c(F)c(Cl)cc(F)c1OC. The number of halogens is 3. The Kier molecular flexibility index (Phi) is 4.46. The lowest BCUT2D eigenvalue weighted by Gasteiger charge is -2.16. The minimum Gasteiger partial charge on any atom is -0.493 e. The van der Waals surface area contributed by atoms with Crippen LogP contribution in [0.25, 0.3) is 0 Å². The maximum absolute atomic E-state index is 13.6. The second-order valence-corrected chi connectivity index (χ2v) is 3.58. The summed E-state index contributed by atoms with van der Waals surface area (Å²) in [5, 5.41) is 11.9. The van der Waals surface area contributed by atoms with E-state index in [9.17, 15) is 13.9 Å². The molecule has 2 N–H and O–H groups in total. The monoisotopic (exact) mass is 251 g/mol. The first-order chi connectivity index (χ1) is 7.52.